The summed E-state index contributed by atoms with van der Waals surface area (Å²) in [6.45, 7) is 0. The highest BCUT2D eigenvalue weighted by Gasteiger charge is 2.17. The van der Waals surface area contributed by atoms with E-state index in [9.17, 15) is 0 Å². The van der Waals surface area contributed by atoms with Crippen molar-refractivity contribution in [2.75, 3.05) is 7.05 Å². The SMILES string of the molecule is CN(C#N)C1CCCC1. The maximum absolute atomic E-state index is 8.47. The third-order valence-electron chi connectivity index (χ3n) is 2.03. The van der Waals surface area contributed by atoms with Crippen LogP contribution in [0.4, 0.5) is 0 Å². The van der Waals surface area contributed by atoms with Gasteiger partial charge >= 0.3 is 0 Å². The molecule has 50 valence electrons. The Hall–Kier alpha value is -0.710. The Balaban J connectivity index is 2.34. The lowest BCUT2D eigenvalue weighted by molar-refractivity contribution is 0.349. The van der Waals surface area contributed by atoms with Gasteiger partial charge in [-0.15, -0.1) is 0 Å². The summed E-state index contributed by atoms with van der Waals surface area (Å²) in [4.78, 5) is 1.77. The van der Waals surface area contributed by atoms with Gasteiger partial charge in [0.05, 0.1) is 0 Å². The van der Waals surface area contributed by atoms with Crippen molar-refractivity contribution in [1.29, 1.82) is 5.26 Å². The fourth-order valence-corrected chi connectivity index (χ4v) is 1.37. The van der Waals surface area contributed by atoms with Crippen molar-refractivity contribution in [2.45, 2.75) is 31.7 Å². The Morgan fingerprint density at radius 2 is 2.00 bits per heavy atom. The first kappa shape index (κ1) is 6.41. The van der Waals surface area contributed by atoms with Gasteiger partial charge in [-0.1, -0.05) is 12.8 Å². The summed E-state index contributed by atoms with van der Waals surface area (Å²) in [6.07, 6.45) is 7.17. The summed E-state index contributed by atoms with van der Waals surface area (Å²) < 4.78 is 0. The summed E-state index contributed by atoms with van der Waals surface area (Å²) in [5.74, 6) is 0. The zero-order valence-electron chi connectivity index (χ0n) is 5.80. The Kier molecular flexibility index (Phi) is 1.94. The molecule has 0 radical (unpaired) electrons. The lowest BCUT2D eigenvalue weighted by atomic mass is 10.2. The first-order valence-corrected chi connectivity index (χ1v) is 3.47. The lowest BCUT2D eigenvalue weighted by Crippen LogP contribution is -2.23. The van der Waals surface area contributed by atoms with Crippen LogP contribution in [0, 0.1) is 11.5 Å². The molecular weight excluding hydrogens is 112 g/mol. The maximum Gasteiger partial charge on any atom is 0.179 e. The predicted molar refractivity (Wildman–Crippen MR) is 35.6 cm³/mol. The topological polar surface area (TPSA) is 27.0 Å². The van der Waals surface area contributed by atoms with Crippen LogP contribution in [-0.4, -0.2) is 18.0 Å². The Labute approximate surface area is 56.1 Å². The van der Waals surface area contributed by atoms with Crippen LogP contribution in [0.25, 0.3) is 0 Å². The van der Waals surface area contributed by atoms with Crippen molar-refractivity contribution >= 4 is 0 Å². The van der Waals surface area contributed by atoms with Crippen molar-refractivity contribution < 1.29 is 0 Å². The van der Waals surface area contributed by atoms with Crippen molar-refractivity contribution in [3.63, 3.8) is 0 Å². The highest BCUT2D eigenvalue weighted by molar-refractivity contribution is 4.82. The molecule has 0 aromatic heterocycles. The first-order valence-electron chi connectivity index (χ1n) is 3.47. The quantitative estimate of drug-likeness (QED) is 0.389. The number of hydrogen-bond donors (Lipinski definition) is 0. The molecule has 0 aromatic carbocycles. The Bertz CT molecular complexity index is 119. The Morgan fingerprint density at radius 3 is 2.44 bits per heavy atom. The molecule has 1 rings (SSSR count). The van der Waals surface area contributed by atoms with Crippen LogP contribution in [-0.2, 0) is 0 Å². The molecule has 1 fully saturated rings. The molecule has 0 bridgehead atoms. The van der Waals surface area contributed by atoms with Crippen molar-refractivity contribution in [3.05, 3.63) is 0 Å². The van der Waals surface area contributed by atoms with Crippen LogP contribution in [0.2, 0.25) is 0 Å². The lowest BCUT2D eigenvalue weighted by Gasteiger charge is -2.15. The number of hydrogen-bond acceptors (Lipinski definition) is 2. The molecule has 2 heteroatoms. The van der Waals surface area contributed by atoms with Gasteiger partial charge in [0, 0.05) is 13.1 Å². The minimum absolute atomic E-state index is 0.551. The van der Waals surface area contributed by atoms with E-state index in [-0.39, 0.29) is 0 Å². The van der Waals surface area contributed by atoms with Gasteiger partial charge in [-0.25, -0.2) is 0 Å². The molecule has 0 aromatic rings. The maximum atomic E-state index is 8.47. The van der Waals surface area contributed by atoms with Crippen LogP contribution in [0.1, 0.15) is 25.7 Å². The van der Waals surface area contributed by atoms with Crippen LogP contribution < -0.4 is 0 Å². The molecule has 1 aliphatic rings. The van der Waals surface area contributed by atoms with Gasteiger partial charge in [0.2, 0.25) is 0 Å². The zero-order valence-corrected chi connectivity index (χ0v) is 5.80. The summed E-state index contributed by atoms with van der Waals surface area (Å²) in [5.41, 5.74) is 0. The molecule has 0 aliphatic heterocycles. The second-order valence-corrected chi connectivity index (χ2v) is 2.65. The van der Waals surface area contributed by atoms with E-state index in [2.05, 4.69) is 6.19 Å². The predicted octanol–water partition coefficient (Wildman–Crippen LogP) is 1.34. The molecule has 9 heavy (non-hydrogen) atoms. The molecular formula is C7H12N2. The molecule has 0 N–H and O–H groups in total. The average Bonchev–Trinajstić information content (AvgIpc) is 2.37. The van der Waals surface area contributed by atoms with Crippen LogP contribution >= 0.6 is 0 Å². The monoisotopic (exact) mass is 124 g/mol. The fourth-order valence-electron chi connectivity index (χ4n) is 1.37. The molecule has 1 aliphatic carbocycles. The van der Waals surface area contributed by atoms with E-state index < -0.39 is 0 Å². The molecule has 0 spiro atoms. The largest absolute Gasteiger partial charge is 0.311 e. The summed E-state index contributed by atoms with van der Waals surface area (Å²) in [5, 5.41) is 8.47. The van der Waals surface area contributed by atoms with Gasteiger partial charge in [0.25, 0.3) is 0 Å². The van der Waals surface area contributed by atoms with Crippen LogP contribution in [0.15, 0.2) is 0 Å². The molecule has 1 saturated carbocycles. The van der Waals surface area contributed by atoms with Crippen molar-refractivity contribution in [1.82, 2.24) is 4.90 Å². The summed E-state index contributed by atoms with van der Waals surface area (Å²) in [6, 6.07) is 0.551. The Morgan fingerprint density at radius 1 is 1.44 bits per heavy atom. The summed E-state index contributed by atoms with van der Waals surface area (Å²) >= 11 is 0. The standard InChI is InChI=1S/C7H12N2/c1-9(6-8)7-4-2-3-5-7/h7H,2-5H2,1H3. The van der Waals surface area contributed by atoms with E-state index in [0.717, 1.165) is 0 Å². The minimum atomic E-state index is 0.551. The van der Waals surface area contributed by atoms with Gasteiger partial charge in [-0.3, -0.25) is 0 Å². The van der Waals surface area contributed by atoms with E-state index in [1.54, 1.807) is 4.90 Å². The molecule has 0 unspecified atom stereocenters. The number of nitrogens with zero attached hydrogens (tertiary/aromatic N) is 2. The van der Waals surface area contributed by atoms with Gasteiger partial charge in [-0.05, 0) is 12.8 Å². The normalized spacial score (nSPS) is 19.6. The van der Waals surface area contributed by atoms with E-state index in [0.29, 0.717) is 6.04 Å². The average molecular weight is 124 g/mol. The van der Waals surface area contributed by atoms with E-state index >= 15 is 0 Å². The molecule has 0 heterocycles. The highest BCUT2D eigenvalue weighted by Crippen LogP contribution is 2.21. The third kappa shape index (κ3) is 1.35. The smallest absolute Gasteiger partial charge is 0.179 e. The fraction of sp³-hybridized carbons (Fsp3) is 0.857. The highest BCUT2D eigenvalue weighted by atomic mass is 15.1. The number of rotatable bonds is 1. The van der Waals surface area contributed by atoms with Gasteiger partial charge in [-0.2, -0.15) is 5.26 Å². The second-order valence-electron chi connectivity index (χ2n) is 2.65. The van der Waals surface area contributed by atoms with Crippen LogP contribution in [0.5, 0.6) is 0 Å². The minimum Gasteiger partial charge on any atom is -0.311 e. The van der Waals surface area contributed by atoms with Crippen molar-refractivity contribution in [3.8, 4) is 6.19 Å². The summed E-state index contributed by atoms with van der Waals surface area (Å²) in [7, 11) is 1.87. The van der Waals surface area contributed by atoms with Crippen molar-refractivity contribution in [2.24, 2.45) is 0 Å². The molecule has 0 saturated heterocycles. The van der Waals surface area contributed by atoms with E-state index in [1.165, 1.54) is 25.7 Å². The van der Waals surface area contributed by atoms with E-state index in [1.807, 2.05) is 7.05 Å². The van der Waals surface area contributed by atoms with Gasteiger partial charge in [0.15, 0.2) is 6.19 Å². The second kappa shape index (κ2) is 2.72. The van der Waals surface area contributed by atoms with Gasteiger partial charge < -0.3 is 4.90 Å². The molecule has 0 atom stereocenters. The third-order valence-corrected chi connectivity index (χ3v) is 2.03. The van der Waals surface area contributed by atoms with E-state index in [4.69, 9.17) is 5.26 Å². The molecule has 0 amide bonds. The first-order chi connectivity index (χ1) is 4.34. The molecule has 2 nitrogen and oxygen atoms in total. The number of nitriles is 1. The zero-order chi connectivity index (χ0) is 6.69. The van der Waals surface area contributed by atoms with Crippen LogP contribution in [0.3, 0.4) is 0 Å². The van der Waals surface area contributed by atoms with Gasteiger partial charge in [0.1, 0.15) is 0 Å².